The van der Waals surface area contributed by atoms with E-state index < -0.39 is 0 Å². The van der Waals surface area contributed by atoms with Gasteiger partial charge in [0.15, 0.2) is 0 Å². The molecule has 0 spiro atoms. The Morgan fingerprint density at radius 3 is 2.48 bits per heavy atom. The second-order valence-electron chi connectivity index (χ2n) is 8.54. The van der Waals surface area contributed by atoms with Gasteiger partial charge < -0.3 is 15.1 Å². The van der Waals surface area contributed by atoms with E-state index in [1.165, 1.54) is 5.56 Å². The molecule has 2 fully saturated rings. The third-order valence-corrected chi connectivity index (χ3v) is 6.33. The maximum Gasteiger partial charge on any atom is 0.252 e. The summed E-state index contributed by atoms with van der Waals surface area (Å²) in [5.74, 6) is 1.61. The third kappa shape index (κ3) is 5.24. The first-order valence-corrected chi connectivity index (χ1v) is 11.5. The van der Waals surface area contributed by atoms with Gasteiger partial charge in [0.25, 0.3) is 5.91 Å². The number of hydrogen-bond donors (Lipinski definition) is 1. The predicted octanol–water partition coefficient (Wildman–Crippen LogP) is 3.45. The highest BCUT2D eigenvalue weighted by Crippen LogP contribution is 2.48. The minimum Gasteiger partial charge on any atom is -0.353 e. The Morgan fingerprint density at radius 2 is 1.81 bits per heavy atom. The van der Waals surface area contributed by atoms with Gasteiger partial charge in [-0.15, -0.1) is 0 Å². The number of aromatic nitrogens is 1. The van der Waals surface area contributed by atoms with Crippen LogP contribution in [0.2, 0.25) is 0 Å². The molecule has 1 saturated carbocycles. The van der Waals surface area contributed by atoms with E-state index in [9.17, 15) is 9.59 Å². The quantitative estimate of drug-likeness (QED) is 0.665. The molecule has 1 aliphatic heterocycles. The van der Waals surface area contributed by atoms with Gasteiger partial charge in [0.1, 0.15) is 5.82 Å². The standard InChI is InChI=1S/C25H32N4O2/c1-2-3-7-12-26-24(30)20-10-11-23(27-18-20)28-13-15-29(16-14-28)25(31)22-17-21(22)19-8-5-4-6-9-19/h4-6,8-11,18,21-22H,2-3,7,12-17H2,1H3,(H,26,30). The van der Waals surface area contributed by atoms with E-state index in [0.717, 1.165) is 57.7 Å². The average Bonchev–Trinajstić information content (AvgIpc) is 3.63. The van der Waals surface area contributed by atoms with Gasteiger partial charge in [-0.25, -0.2) is 4.98 Å². The van der Waals surface area contributed by atoms with Crippen LogP contribution in [0.3, 0.4) is 0 Å². The van der Waals surface area contributed by atoms with Gasteiger partial charge in [-0.3, -0.25) is 9.59 Å². The van der Waals surface area contributed by atoms with E-state index in [1.54, 1.807) is 6.20 Å². The molecule has 1 aromatic heterocycles. The summed E-state index contributed by atoms with van der Waals surface area (Å²) in [6, 6.07) is 14.1. The van der Waals surface area contributed by atoms with Crippen LogP contribution in [0.25, 0.3) is 0 Å². The van der Waals surface area contributed by atoms with Crippen molar-refractivity contribution in [3.63, 3.8) is 0 Å². The average molecular weight is 421 g/mol. The second-order valence-corrected chi connectivity index (χ2v) is 8.54. The fraction of sp³-hybridized carbons (Fsp3) is 0.480. The van der Waals surface area contributed by atoms with Gasteiger partial charge >= 0.3 is 0 Å². The molecular formula is C25H32N4O2. The molecule has 4 rings (SSSR count). The fourth-order valence-corrected chi connectivity index (χ4v) is 4.31. The smallest absolute Gasteiger partial charge is 0.252 e. The van der Waals surface area contributed by atoms with E-state index in [0.29, 0.717) is 18.0 Å². The Balaban J connectivity index is 1.24. The highest BCUT2D eigenvalue weighted by molar-refractivity contribution is 5.94. The van der Waals surface area contributed by atoms with E-state index in [-0.39, 0.29) is 17.7 Å². The highest BCUT2D eigenvalue weighted by Gasteiger charge is 2.46. The Labute approximate surface area is 184 Å². The first-order chi connectivity index (χ1) is 15.2. The molecule has 2 amide bonds. The van der Waals surface area contributed by atoms with Crippen LogP contribution < -0.4 is 10.2 Å². The molecule has 2 unspecified atom stereocenters. The summed E-state index contributed by atoms with van der Waals surface area (Å²) in [5, 5.41) is 2.95. The van der Waals surface area contributed by atoms with E-state index in [2.05, 4.69) is 34.3 Å². The first-order valence-electron chi connectivity index (χ1n) is 11.5. The van der Waals surface area contributed by atoms with E-state index >= 15 is 0 Å². The van der Waals surface area contributed by atoms with Gasteiger partial charge in [0, 0.05) is 44.8 Å². The predicted molar refractivity (Wildman–Crippen MR) is 122 cm³/mol. The number of piperazine rings is 1. The number of anilines is 1. The molecule has 2 aliphatic rings. The van der Waals surface area contributed by atoms with Crippen molar-refractivity contribution in [3.8, 4) is 0 Å². The highest BCUT2D eigenvalue weighted by atomic mass is 16.2. The number of nitrogens with one attached hydrogen (secondary N) is 1. The molecule has 2 heterocycles. The lowest BCUT2D eigenvalue weighted by molar-refractivity contribution is -0.133. The molecule has 2 atom stereocenters. The zero-order chi connectivity index (χ0) is 21.6. The monoisotopic (exact) mass is 420 g/mol. The zero-order valence-electron chi connectivity index (χ0n) is 18.3. The summed E-state index contributed by atoms with van der Waals surface area (Å²) >= 11 is 0. The van der Waals surface area contributed by atoms with Crippen LogP contribution in [0, 0.1) is 5.92 Å². The SMILES string of the molecule is CCCCCNC(=O)c1ccc(N2CCN(C(=O)C3CC3c3ccccc3)CC2)nc1. The minimum atomic E-state index is -0.0667. The van der Waals surface area contributed by atoms with Crippen molar-refractivity contribution in [1.82, 2.24) is 15.2 Å². The molecule has 164 valence electrons. The van der Waals surface area contributed by atoms with Gasteiger partial charge in [-0.2, -0.15) is 0 Å². The number of amides is 2. The maximum atomic E-state index is 12.9. The Bertz CT molecular complexity index is 876. The lowest BCUT2D eigenvalue weighted by Gasteiger charge is -2.35. The number of nitrogens with zero attached hydrogens (tertiary/aromatic N) is 3. The Hall–Kier alpha value is -2.89. The van der Waals surface area contributed by atoms with Crippen LogP contribution in [0.1, 0.15) is 54.4 Å². The van der Waals surface area contributed by atoms with Gasteiger partial charge in [-0.1, -0.05) is 50.1 Å². The topological polar surface area (TPSA) is 65.5 Å². The zero-order valence-corrected chi connectivity index (χ0v) is 18.3. The summed E-state index contributed by atoms with van der Waals surface area (Å²) in [7, 11) is 0. The molecule has 6 heteroatoms. The molecule has 31 heavy (non-hydrogen) atoms. The number of hydrogen-bond acceptors (Lipinski definition) is 4. The van der Waals surface area contributed by atoms with Gasteiger partial charge in [0.2, 0.25) is 5.91 Å². The van der Waals surface area contributed by atoms with Crippen LogP contribution in [-0.2, 0) is 4.79 Å². The molecule has 2 aromatic rings. The molecule has 0 radical (unpaired) electrons. The molecule has 1 aromatic carbocycles. The summed E-state index contributed by atoms with van der Waals surface area (Å²) in [4.78, 5) is 33.8. The van der Waals surface area contributed by atoms with Crippen LogP contribution >= 0.6 is 0 Å². The van der Waals surface area contributed by atoms with Crippen molar-refractivity contribution in [2.24, 2.45) is 5.92 Å². The van der Waals surface area contributed by atoms with Crippen molar-refractivity contribution in [2.45, 2.75) is 38.5 Å². The number of carbonyl (C=O) groups excluding carboxylic acids is 2. The van der Waals surface area contributed by atoms with Crippen LogP contribution in [0.5, 0.6) is 0 Å². The molecule has 0 bridgehead atoms. The van der Waals surface area contributed by atoms with Crippen molar-refractivity contribution in [3.05, 3.63) is 59.8 Å². The molecule has 1 saturated heterocycles. The van der Waals surface area contributed by atoms with Crippen LogP contribution in [0.15, 0.2) is 48.7 Å². The summed E-state index contributed by atoms with van der Waals surface area (Å²) < 4.78 is 0. The third-order valence-electron chi connectivity index (χ3n) is 6.33. The first kappa shape index (κ1) is 21.3. The molecular weight excluding hydrogens is 388 g/mol. The van der Waals surface area contributed by atoms with E-state index in [1.807, 2.05) is 35.2 Å². The summed E-state index contributed by atoms with van der Waals surface area (Å²) in [6.07, 6.45) is 5.88. The maximum absolute atomic E-state index is 12.9. The Morgan fingerprint density at radius 1 is 1.03 bits per heavy atom. The van der Waals surface area contributed by atoms with Crippen LogP contribution in [0.4, 0.5) is 5.82 Å². The number of carbonyl (C=O) groups is 2. The van der Waals surface area contributed by atoms with Crippen molar-refractivity contribution >= 4 is 17.6 Å². The van der Waals surface area contributed by atoms with Crippen molar-refractivity contribution in [1.29, 1.82) is 0 Å². The van der Waals surface area contributed by atoms with Gasteiger partial charge in [-0.05, 0) is 36.5 Å². The van der Waals surface area contributed by atoms with E-state index in [4.69, 9.17) is 0 Å². The molecule has 1 aliphatic carbocycles. The molecule has 6 nitrogen and oxygen atoms in total. The molecule has 1 N–H and O–H groups in total. The number of rotatable bonds is 8. The summed E-state index contributed by atoms with van der Waals surface area (Å²) in [5.41, 5.74) is 1.87. The number of unbranched alkanes of at least 4 members (excludes halogenated alkanes) is 2. The fourth-order valence-electron chi connectivity index (χ4n) is 4.31. The normalized spacial score (nSPS) is 20.4. The number of pyridine rings is 1. The second kappa shape index (κ2) is 9.94. The minimum absolute atomic E-state index is 0.0667. The van der Waals surface area contributed by atoms with Crippen LogP contribution in [-0.4, -0.2) is 54.4 Å². The Kier molecular flexibility index (Phi) is 6.85. The summed E-state index contributed by atoms with van der Waals surface area (Å²) in [6.45, 7) is 5.83. The lowest BCUT2D eigenvalue weighted by atomic mass is 10.1. The van der Waals surface area contributed by atoms with Crippen molar-refractivity contribution < 1.29 is 9.59 Å². The van der Waals surface area contributed by atoms with Gasteiger partial charge in [0.05, 0.1) is 5.56 Å². The largest absolute Gasteiger partial charge is 0.353 e. The van der Waals surface area contributed by atoms with Crippen molar-refractivity contribution in [2.75, 3.05) is 37.6 Å². The lowest BCUT2D eigenvalue weighted by Crippen LogP contribution is -2.49. The number of benzene rings is 1.